The summed E-state index contributed by atoms with van der Waals surface area (Å²) in [5, 5.41) is 10.4. The second-order valence-corrected chi connectivity index (χ2v) is 5.71. The van der Waals surface area contributed by atoms with Crippen molar-refractivity contribution in [1.29, 1.82) is 0 Å². The lowest BCUT2D eigenvalue weighted by Gasteiger charge is -2.17. The lowest BCUT2D eigenvalue weighted by Crippen LogP contribution is -2.23. The molecule has 4 nitrogen and oxygen atoms in total. The van der Waals surface area contributed by atoms with Gasteiger partial charge in [-0.1, -0.05) is 17.7 Å². The fourth-order valence-electron chi connectivity index (χ4n) is 2.61. The van der Waals surface area contributed by atoms with E-state index in [0.29, 0.717) is 28.4 Å². The number of aromatic nitrogens is 1. The highest BCUT2D eigenvalue weighted by Gasteiger charge is 2.27. The van der Waals surface area contributed by atoms with Gasteiger partial charge in [-0.25, -0.2) is 4.79 Å². The van der Waals surface area contributed by atoms with Gasteiger partial charge in [-0.05, 0) is 37.8 Å². The van der Waals surface area contributed by atoms with Crippen LogP contribution >= 0.6 is 11.6 Å². The van der Waals surface area contributed by atoms with Crippen molar-refractivity contribution in [3.05, 3.63) is 44.7 Å². The number of carbonyl (C=O) groups is 1. The van der Waals surface area contributed by atoms with Crippen molar-refractivity contribution in [2.45, 2.75) is 26.3 Å². The largest absolute Gasteiger partial charge is 0.477 e. The monoisotopic (exact) mass is 291 g/mol. The minimum Gasteiger partial charge on any atom is -0.477 e. The van der Waals surface area contributed by atoms with Crippen LogP contribution in [0.5, 0.6) is 0 Å². The molecule has 1 saturated carbocycles. The molecule has 1 aliphatic rings. The first-order valence-corrected chi connectivity index (χ1v) is 6.93. The zero-order valence-corrected chi connectivity index (χ0v) is 11.8. The highest BCUT2D eigenvalue weighted by Crippen LogP contribution is 2.33. The Balaban J connectivity index is 2.45. The zero-order valence-electron chi connectivity index (χ0n) is 11.0. The molecule has 1 heterocycles. The van der Waals surface area contributed by atoms with Gasteiger partial charge >= 0.3 is 5.97 Å². The minimum atomic E-state index is -1.08. The quantitative estimate of drug-likeness (QED) is 0.945. The van der Waals surface area contributed by atoms with Gasteiger partial charge in [-0.15, -0.1) is 0 Å². The zero-order chi connectivity index (χ0) is 14.4. The average molecular weight is 292 g/mol. The third-order valence-electron chi connectivity index (χ3n) is 3.81. The van der Waals surface area contributed by atoms with Crippen molar-refractivity contribution in [3.63, 3.8) is 0 Å². The molecule has 0 spiro atoms. The van der Waals surface area contributed by atoms with E-state index in [9.17, 15) is 14.7 Å². The maximum absolute atomic E-state index is 12.3. The molecule has 5 heteroatoms. The molecule has 1 aliphatic carbocycles. The number of halogens is 1. The van der Waals surface area contributed by atoms with Gasteiger partial charge in [0, 0.05) is 17.5 Å². The van der Waals surface area contributed by atoms with Crippen molar-refractivity contribution in [2.24, 2.45) is 5.92 Å². The Morgan fingerprint density at radius 1 is 1.45 bits per heavy atom. The molecule has 0 amide bonds. The molecule has 1 N–H and O–H groups in total. The number of fused-ring (bicyclic) bond motifs is 1. The summed E-state index contributed by atoms with van der Waals surface area (Å²) in [4.78, 5) is 23.9. The number of hydrogen-bond acceptors (Lipinski definition) is 2. The SMILES string of the molecule is Cc1c(C(=O)O)n(CC2CC2)c2c(Cl)cccc2c1=O. The van der Waals surface area contributed by atoms with Crippen molar-refractivity contribution in [3.8, 4) is 0 Å². The van der Waals surface area contributed by atoms with Crippen molar-refractivity contribution in [1.82, 2.24) is 4.57 Å². The van der Waals surface area contributed by atoms with Crippen LogP contribution in [0.3, 0.4) is 0 Å². The van der Waals surface area contributed by atoms with Gasteiger partial charge in [0.1, 0.15) is 5.69 Å². The number of hydrogen-bond donors (Lipinski definition) is 1. The number of carboxylic acids is 1. The Bertz CT molecular complexity index is 775. The Morgan fingerprint density at radius 2 is 2.15 bits per heavy atom. The molecule has 1 aromatic heterocycles. The Hall–Kier alpha value is -1.81. The first-order valence-electron chi connectivity index (χ1n) is 6.55. The number of benzene rings is 1. The van der Waals surface area contributed by atoms with E-state index in [1.54, 1.807) is 29.7 Å². The number of para-hydroxylation sites is 1. The van der Waals surface area contributed by atoms with Crippen LogP contribution in [0.4, 0.5) is 0 Å². The standard InChI is InChI=1S/C15H14ClNO3/c1-8-12(15(19)20)17(7-9-5-6-9)13-10(14(8)18)3-2-4-11(13)16/h2-4,9H,5-7H2,1H3,(H,19,20). The second-order valence-electron chi connectivity index (χ2n) is 5.30. The maximum Gasteiger partial charge on any atom is 0.352 e. The number of aromatic carboxylic acids is 1. The van der Waals surface area contributed by atoms with Crippen LogP contribution in [0.15, 0.2) is 23.0 Å². The van der Waals surface area contributed by atoms with Crippen molar-refractivity contribution < 1.29 is 9.90 Å². The van der Waals surface area contributed by atoms with Crippen molar-refractivity contribution >= 4 is 28.5 Å². The third-order valence-corrected chi connectivity index (χ3v) is 4.11. The molecule has 1 fully saturated rings. The van der Waals surface area contributed by atoms with Gasteiger partial charge in [0.15, 0.2) is 5.43 Å². The molecule has 0 atom stereocenters. The molecule has 2 aromatic rings. The van der Waals surface area contributed by atoms with Gasteiger partial charge < -0.3 is 9.67 Å². The maximum atomic E-state index is 12.3. The van der Waals surface area contributed by atoms with E-state index in [0.717, 1.165) is 12.8 Å². The normalized spacial score (nSPS) is 14.7. The molecule has 104 valence electrons. The third kappa shape index (κ3) is 2.00. The summed E-state index contributed by atoms with van der Waals surface area (Å²) < 4.78 is 1.70. The van der Waals surface area contributed by atoms with E-state index in [4.69, 9.17) is 11.6 Å². The summed E-state index contributed by atoms with van der Waals surface area (Å²) in [6.07, 6.45) is 2.19. The highest BCUT2D eigenvalue weighted by atomic mass is 35.5. The summed E-state index contributed by atoms with van der Waals surface area (Å²) in [5.41, 5.74) is 0.608. The van der Waals surface area contributed by atoms with E-state index >= 15 is 0 Å². The lowest BCUT2D eigenvalue weighted by molar-refractivity contribution is 0.0683. The smallest absolute Gasteiger partial charge is 0.352 e. The lowest BCUT2D eigenvalue weighted by atomic mass is 10.1. The summed E-state index contributed by atoms with van der Waals surface area (Å²) in [6.45, 7) is 2.17. The Labute approximate surface area is 120 Å². The fraction of sp³-hybridized carbons (Fsp3) is 0.333. The first-order chi connectivity index (χ1) is 9.50. The molecule has 0 aliphatic heterocycles. The van der Waals surface area contributed by atoms with Gasteiger partial charge in [-0.3, -0.25) is 4.79 Å². The van der Waals surface area contributed by atoms with Gasteiger partial charge in [0.05, 0.1) is 10.5 Å². The summed E-state index contributed by atoms with van der Waals surface area (Å²) in [6, 6.07) is 5.10. The number of carboxylic acid groups (broad SMARTS) is 1. The molecule has 20 heavy (non-hydrogen) atoms. The summed E-state index contributed by atoms with van der Waals surface area (Å²) in [5.74, 6) is -0.600. The van der Waals surface area contributed by atoms with Crippen LogP contribution < -0.4 is 5.43 Å². The topological polar surface area (TPSA) is 59.3 Å². The van der Waals surface area contributed by atoms with Crippen LogP contribution in [0, 0.1) is 12.8 Å². The summed E-state index contributed by atoms with van der Waals surface area (Å²) in [7, 11) is 0. The van der Waals surface area contributed by atoms with E-state index in [1.807, 2.05) is 0 Å². The molecule has 0 unspecified atom stereocenters. The molecular formula is C15H14ClNO3. The van der Waals surface area contributed by atoms with Gasteiger partial charge in [-0.2, -0.15) is 0 Å². The number of rotatable bonds is 3. The number of nitrogens with zero attached hydrogens (tertiary/aromatic N) is 1. The van der Waals surface area contributed by atoms with Crippen LogP contribution in [-0.2, 0) is 6.54 Å². The van der Waals surface area contributed by atoms with E-state index in [2.05, 4.69) is 0 Å². The number of pyridine rings is 1. The fourth-order valence-corrected chi connectivity index (χ4v) is 2.89. The van der Waals surface area contributed by atoms with Crippen LogP contribution in [0.1, 0.15) is 28.9 Å². The van der Waals surface area contributed by atoms with Crippen molar-refractivity contribution in [2.75, 3.05) is 0 Å². The second kappa shape index (κ2) is 4.63. The van der Waals surface area contributed by atoms with E-state index < -0.39 is 5.97 Å². The van der Waals surface area contributed by atoms with Crippen LogP contribution in [0.2, 0.25) is 5.02 Å². The Kier molecular flexibility index (Phi) is 3.05. The predicted molar refractivity (Wildman–Crippen MR) is 77.6 cm³/mol. The molecule has 0 radical (unpaired) electrons. The minimum absolute atomic E-state index is 0.0579. The Morgan fingerprint density at radius 3 is 2.75 bits per heavy atom. The molecular weight excluding hydrogens is 278 g/mol. The van der Waals surface area contributed by atoms with E-state index in [1.165, 1.54) is 0 Å². The highest BCUT2D eigenvalue weighted by molar-refractivity contribution is 6.35. The predicted octanol–water partition coefficient (Wildman–Crippen LogP) is 3.07. The van der Waals surface area contributed by atoms with Gasteiger partial charge in [0.2, 0.25) is 0 Å². The van der Waals surface area contributed by atoms with E-state index in [-0.39, 0.29) is 16.7 Å². The first kappa shape index (κ1) is 13.2. The van der Waals surface area contributed by atoms with Crippen LogP contribution in [0.25, 0.3) is 10.9 Å². The summed E-state index contributed by atoms with van der Waals surface area (Å²) >= 11 is 6.21. The van der Waals surface area contributed by atoms with Crippen LogP contribution in [-0.4, -0.2) is 15.6 Å². The average Bonchev–Trinajstić information content (AvgIpc) is 3.19. The molecule has 0 saturated heterocycles. The molecule has 0 bridgehead atoms. The molecule has 3 rings (SSSR count). The van der Waals surface area contributed by atoms with Gasteiger partial charge in [0.25, 0.3) is 0 Å². The molecule has 1 aromatic carbocycles.